The van der Waals surface area contributed by atoms with E-state index >= 15 is 0 Å². The lowest BCUT2D eigenvalue weighted by molar-refractivity contribution is 0.488. The van der Waals surface area contributed by atoms with E-state index in [0.29, 0.717) is 0 Å². The molecule has 0 aromatic heterocycles. The molecule has 1 aliphatic rings. The van der Waals surface area contributed by atoms with Gasteiger partial charge in [0.2, 0.25) is 0 Å². The van der Waals surface area contributed by atoms with E-state index in [2.05, 4.69) is 254 Å². The van der Waals surface area contributed by atoms with Crippen molar-refractivity contribution in [2.75, 3.05) is 4.90 Å². The van der Waals surface area contributed by atoms with Gasteiger partial charge in [-0.25, -0.2) is 0 Å². The van der Waals surface area contributed by atoms with Crippen LogP contribution < -0.4 is 9.64 Å². The third-order valence-electron chi connectivity index (χ3n) is 12.7. The normalized spacial score (nSPS) is 11.6. The second-order valence-corrected chi connectivity index (χ2v) is 16.5. The molecule has 11 aromatic carbocycles. The highest BCUT2D eigenvalue weighted by molar-refractivity contribution is 6.07. The Balaban J connectivity index is 1.02. The summed E-state index contributed by atoms with van der Waals surface area (Å²) in [4.78, 5) is 2.34. The Morgan fingerprint density at radius 2 is 0.672 bits per heavy atom. The van der Waals surface area contributed by atoms with Gasteiger partial charge in [-0.1, -0.05) is 194 Å². The smallest absolute Gasteiger partial charge is 0.137 e. The molecule has 0 saturated heterocycles. The first kappa shape index (κ1) is 37.3. The summed E-state index contributed by atoms with van der Waals surface area (Å²) in [6.07, 6.45) is 0. The maximum atomic E-state index is 7.20. The zero-order valence-corrected chi connectivity index (χ0v) is 35.0. The lowest BCUT2D eigenvalue weighted by Gasteiger charge is -2.27. The summed E-state index contributed by atoms with van der Waals surface area (Å²) in [5.74, 6) is 1.65. The molecule has 1 heterocycles. The van der Waals surface area contributed by atoms with Gasteiger partial charge < -0.3 is 9.64 Å². The van der Waals surface area contributed by atoms with Gasteiger partial charge in [-0.2, -0.15) is 0 Å². The van der Waals surface area contributed by atoms with Crippen molar-refractivity contribution in [1.82, 2.24) is 0 Å². The molecule has 0 spiro atoms. The van der Waals surface area contributed by atoms with Gasteiger partial charge in [-0.3, -0.25) is 0 Å². The molecular formula is C62H41NO. The van der Waals surface area contributed by atoms with Crippen LogP contribution in [-0.2, 0) is 0 Å². The Hall–Kier alpha value is -8.46. The Labute approximate surface area is 373 Å². The van der Waals surface area contributed by atoms with E-state index < -0.39 is 0 Å². The van der Waals surface area contributed by atoms with Crippen LogP contribution >= 0.6 is 0 Å². The van der Waals surface area contributed by atoms with Crippen LogP contribution in [-0.4, -0.2) is 0 Å². The molecule has 11 aromatic rings. The Morgan fingerprint density at radius 1 is 0.250 bits per heavy atom. The molecule has 0 atom stereocenters. The molecule has 0 N–H and O–H groups in total. The number of fused-ring (bicyclic) bond motifs is 7. The molecule has 0 unspecified atom stereocenters. The lowest BCUT2D eigenvalue weighted by atomic mass is 9.85. The summed E-state index contributed by atoms with van der Waals surface area (Å²) in [5, 5.41) is 4.76. The van der Waals surface area contributed by atoms with Crippen LogP contribution in [0.15, 0.2) is 249 Å². The van der Waals surface area contributed by atoms with Gasteiger partial charge in [0.1, 0.15) is 11.5 Å². The first-order valence-electron chi connectivity index (χ1n) is 21.9. The fourth-order valence-electron chi connectivity index (χ4n) is 9.49. The number of benzene rings is 11. The number of rotatable bonds is 7. The zero-order chi connectivity index (χ0) is 42.4. The summed E-state index contributed by atoms with van der Waals surface area (Å²) >= 11 is 0. The SMILES string of the molecule is c1ccc(-c2ccc(-c3ccc(N(c4ccc(-c5ccccc5)cc4)c4ccc5c(c4)Oc4cc6ccccc6cc4-c4cccc(-c6cccc7ccccc67)c4-5)cc3)cc2)cc1. The molecule has 12 rings (SSSR count). The third kappa shape index (κ3) is 6.70. The van der Waals surface area contributed by atoms with Crippen molar-refractivity contribution in [3.8, 4) is 78.3 Å². The standard InChI is InChI=1S/C62H41NO/c1-3-13-42(14-4-1)44-25-27-45(28-26-44)47-31-35-52(36-32-47)63(51-33-29-46(30-34-51)43-15-5-2-6-16-43)53-37-38-58-61(41-53)64-60-40-50-19-8-7-18-49(50)39-59(60)57-24-12-23-56(62(57)58)55-22-11-20-48-17-9-10-21-54(48)55/h1-41H. The van der Waals surface area contributed by atoms with Crippen molar-refractivity contribution in [3.63, 3.8) is 0 Å². The lowest BCUT2D eigenvalue weighted by Crippen LogP contribution is -2.10. The highest BCUT2D eigenvalue weighted by Crippen LogP contribution is 2.53. The second kappa shape index (κ2) is 15.8. The molecule has 0 radical (unpaired) electrons. The van der Waals surface area contributed by atoms with Crippen molar-refractivity contribution in [1.29, 1.82) is 0 Å². The highest BCUT2D eigenvalue weighted by atomic mass is 16.5. The van der Waals surface area contributed by atoms with Crippen molar-refractivity contribution in [2.45, 2.75) is 0 Å². The topological polar surface area (TPSA) is 12.5 Å². The quantitative estimate of drug-likeness (QED) is 0.159. The summed E-state index contributed by atoms with van der Waals surface area (Å²) in [7, 11) is 0. The predicted molar refractivity (Wildman–Crippen MR) is 269 cm³/mol. The number of hydrogen-bond donors (Lipinski definition) is 0. The summed E-state index contributed by atoms with van der Waals surface area (Å²) < 4.78 is 7.20. The summed E-state index contributed by atoms with van der Waals surface area (Å²) in [5.41, 5.74) is 17.0. The van der Waals surface area contributed by atoms with Gasteiger partial charge >= 0.3 is 0 Å². The van der Waals surface area contributed by atoms with Gasteiger partial charge in [0.05, 0.1) is 0 Å². The molecule has 0 bridgehead atoms. The van der Waals surface area contributed by atoms with Crippen molar-refractivity contribution in [2.24, 2.45) is 0 Å². The first-order chi connectivity index (χ1) is 31.7. The largest absolute Gasteiger partial charge is 0.456 e. The van der Waals surface area contributed by atoms with Gasteiger partial charge in [0.25, 0.3) is 0 Å². The van der Waals surface area contributed by atoms with E-state index in [1.165, 1.54) is 55.1 Å². The van der Waals surface area contributed by atoms with E-state index in [0.717, 1.165) is 61.8 Å². The number of nitrogens with zero attached hydrogens (tertiary/aromatic N) is 1. The molecule has 2 nitrogen and oxygen atoms in total. The number of ether oxygens (including phenoxy) is 1. The van der Waals surface area contributed by atoms with Crippen LogP contribution in [0.2, 0.25) is 0 Å². The molecule has 0 saturated carbocycles. The van der Waals surface area contributed by atoms with Crippen LogP contribution in [0.1, 0.15) is 0 Å². The average Bonchev–Trinajstić information content (AvgIpc) is 3.50. The van der Waals surface area contributed by atoms with E-state index in [4.69, 9.17) is 4.74 Å². The zero-order valence-electron chi connectivity index (χ0n) is 35.0. The minimum absolute atomic E-state index is 0.807. The first-order valence-corrected chi connectivity index (χ1v) is 21.9. The second-order valence-electron chi connectivity index (χ2n) is 16.5. The average molecular weight is 816 g/mol. The number of anilines is 3. The van der Waals surface area contributed by atoms with Crippen LogP contribution in [0.25, 0.3) is 88.3 Å². The van der Waals surface area contributed by atoms with Gasteiger partial charge in [-0.05, 0) is 120 Å². The monoisotopic (exact) mass is 815 g/mol. The Bertz CT molecular complexity index is 3480. The summed E-state index contributed by atoms with van der Waals surface area (Å²) in [6.45, 7) is 0. The molecule has 0 amide bonds. The molecule has 64 heavy (non-hydrogen) atoms. The molecule has 0 fully saturated rings. The maximum Gasteiger partial charge on any atom is 0.137 e. The maximum absolute atomic E-state index is 7.20. The Morgan fingerprint density at radius 3 is 1.28 bits per heavy atom. The highest BCUT2D eigenvalue weighted by Gasteiger charge is 2.26. The Kier molecular flexibility index (Phi) is 9.20. The molecule has 300 valence electrons. The minimum atomic E-state index is 0.807. The van der Waals surface area contributed by atoms with Crippen LogP contribution in [0.5, 0.6) is 11.5 Å². The van der Waals surface area contributed by atoms with E-state index in [1.807, 2.05) is 0 Å². The number of hydrogen-bond acceptors (Lipinski definition) is 2. The van der Waals surface area contributed by atoms with E-state index in [1.54, 1.807) is 0 Å². The van der Waals surface area contributed by atoms with Crippen LogP contribution in [0.4, 0.5) is 17.1 Å². The van der Waals surface area contributed by atoms with Gasteiger partial charge in [0, 0.05) is 39.8 Å². The molecular weight excluding hydrogens is 775 g/mol. The van der Waals surface area contributed by atoms with Gasteiger partial charge in [-0.15, -0.1) is 0 Å². The van der Waals surface area contributed by atoms with Crippen molar-refractivity contribution < 1.29 is 4.74 Å². The minimum Gasteiger partial charge on any atom is -0.456 e. The molecule has 1 aliphatic heterocycles. The molecule has 0 aliphatic carbocycles. The van der Waals surface area contributed by atoms with E-state index in [-0.39, 0.29) is 0 Å². The van der Waals surface area contributed by atoms with E-state index in [9.17, 15) is 0 Å². The van der Waals surface area contributed by atoms with Crippen molar-refractivity contribution in [3.05, 3.63) is 249 Å². The predicted octanol–water partition coefficient (Wildman–Crippen LogP) is 17.6. The molecule has 2 heteroatoms. The third-order valence-corrected chi connectivity index (χ3v) is 12.7. The van der Waals surface area contributed by atoms with Crippen LogP contribution in [0, 0.1) is 0 Å². The summed E-state index contributed by atoms with van der Waals surface area (Å²) in [6, 6.07) is 89.5. The van der Waals surface area contributed by atoms with Crippen molar-refractivity contribution >= 4 is 38.6 Å². The van der Waals surface area contributed by atoms with Gasteiger partial charge in [0.15, 0.2) is 0 Å². The fourth-order valence-corrected chi connectivity index (χ4v) is 9.49. The van der Waals surface area contributed by atoms with Crippen LogP contribution in [0.3, 0.4) is 0 Å². The fraction of sp³-hybridized carbons (Fsp3) is 0.